The lowest BCUT2D eigenvalue weighted by atomic mass is 10.1. The fourth-order valence-electron chi connectivity index (χ4n) is 1.83. The number of nitrogens with zero attached hydrogens (tertiary/aromatic N) is 1. The van der Waals surface area contributed by atoms with Crippen molar-refractivity contribution >= 4 is 5.78 Å². The molecule has 0 aromatic heterocycles. The van der Waals surface area contributed by atoms with Crippen molar-refractivity contribution in [1.82, 2.24) is 10.2 Å². The highest BCUT2D eigenvalue weighted by Crippen LogP contribution is 2.21. The summed E-state index contributed by atoms with van der Waals surface area (Å²) in [6, 6.07) is 0.477. The Morgan fingerprint density at radius 2 is 2.50 bits per heavy atom. The number of hydrogen-bond donors (Lipinski definition) is 1. The van der Waals surface area contributed by atoms with E-state index in [1.807, 2.05) is 4.90 Å². The maximum atomic E-state index is 11.1. The molecule has 56 valence electrons. The Kier molecular flexibility index (Phi) is 1.28. The third-order valence-corrected chi connectivity index (χ3v) is 2.37. The first-order valence-corrected chi connectivity index (χ1v) is 3.62. The van der Waals surface area contributed by atoms with Gasteiger partial charge in [-0.3, -0.25) is 11.8 Å². The van der Waals surface area contributed by atoms with Crippen LogP contribution in [0.3, 0.4) is 0 Å². The van der Waals surface area contributed by atoms with Gasteiger partial charge >= 0.3 is 0 Å². The molecular formula is C7H11N2O-. The van der Waals surface area contributed by atoms with Crippen molar-refractivity contribution in [3.8, 4) is 0 Å². The van der Waals surface area contributed by atoms with Gasteiger partial charge in [0.15, 0.2) is 5.78 Å². The van der Waals surface area contributed by atoms with Crippen LogP contribution in [0.2, 0.25) is 0 Å². The fraction of sp³-hybridized carbons (Fsp3) is 0.714. The van der Waals surface area contributed by atoms with Crippen molar-refractivity contribution in [2.75, 3.05) is 13.1 Å². The molecule has 0 aliphatic carbocycles. The van der Waals surface area contributed by atoms with Gasteiger partial charge in [-0.1, -0.05) is 0 Å². The second-order valence-electron chi connectivity index (χ2n) is 3.00. The molecule has 0 amide bonds. The monoisotopic (exact) mass is 139 g/mol. The molecule has 2 saturated heterocycles. The number of Topliss-reactive ketones (excluding diaryl/α,β-unsaturated/α-hetero) is 1. The van der Waals surface area contributed by atoms with Crippen molar-refractivity contribution in [1.29, 1.82) is 0 Å². The minimum Gasteiger partial charge on any atom is -0.449 e. The highest BCUT2D eigenvalue weighted by molar-refractivity contribution is 5.89. The maximum Gasteiger partial charge on any atom is 0.162 e. The number of rotatable bonds is 0. The molecule has 2 heterocycles. The first-order chi connectivity index (χ1) is 4.79. The molecule has 2 aliphatic heterocycles. The molecule has 3 heteroatoms. The molecule has 1 N–H and O–H groups in total. The van der Waals surface area contributed by atoms with E-state index in [9.17, 15) is 4.79 Å². The summed E-state index contributed by atoms with van der Waals surface area (Å²) < 4.78 is 0. The van der Waals surface area contributed by atoms with Crippen molar-refractivity contribution in [3.05, 3.63) is 7.05 Å². The van der Waals surface area contributed by atoms with Crippen LogP contribution in [0.15, 0.2) is 0 Å². The van der Waals surface area contributed by atoms with Crippen molar-refractivity contribution < 1.29 is 4.79 Å². The van der Waals surface area contributed by atoms with Crippen molar-refractivity contribution in [2.24, 2.45) is 0 Å². The van der Waals surface area contributed by atoms with Crippen molar-refractivity contribution in [2.45, 2.75) is 18.5 Å². The molecule has 0 radical (unpaired) electrons. The number of fused-ring (bicyclic) bond motifs is 1. The summed E-state index contributed by atoms with van der Waals surface area (Å²) in [5, 5.41) is 3.17. The Bertz CT molecular complexity index is 169. The highest BCUT2D eigenvalue weighted by Gasteiger charge is 2.38. The SMILES string of the molecule is [CH2-]N1CCC2NCC(=O)C21. The number of carbonyl (C=O) groups is 1. The number of ketones is 1. The van der Waals surface area contributed by atoms with Crippen LogP contribution >= 0.6 is 0 Å². The number of likely N-dealkylation sites (tertiary alicyclic amines) is 1. The second kappa shape index (κ2) is 2.04. The number of nitrogens with one attached hydrogen (secondary N) is 1. The molecule has 2 unspecified atom stereocenters. The van der Waals surface area contributed by atoms with Gasteiger partial charge in [0, 0.05) is 6.04 Å². The summed E-state index contributed by atoms with van der Waals surface area (Å²) in [6.07, 6.45) is 1.07. The first kappa shape index (κ1) is 6.31. The Balaban J connectivity index is 2.19. The van der Waals surface area contributed by atoms with Crippen LogP contribution in [0.5, 0.6) is 0 Å². The number of carbonyl (C=O) groups excluding carboxylic acids is 1. The van der Waals surface area contributed by atoms with Crippen LogP contribution in [0, 0.1) is 7.05 Å². The topological polar surface area (TPSA) is 32.3 Å². The standard InChI is InChI=1S/C7H11N2O/c1-9-3-2-5-7(9)6(10)4-8-5/h5,7-8H,1-4H2/q-1. The molecule has 0 saturated carbocycles. The Hall–Kier alpha value is -0.410. The molecule has 2 aliphatic rings. The number of hydrogen-bond acceptors (Lipinski definition) is 3. The zero-order valence-corrected chi connectivity index (χ0v) is 5.84. The van der Waals surface area contributed by atoms with Gasteiger partial charge in [0.05, 0.1) is 12.6 Å². The summed E-state index contributed by atoms with van der Waals surface area (Å²) in [7, 11) is 3.80. The lowest BCUT2D eigenvalue weighted by Gasteiger charge is -2.23. The highest BCUT2D eigenvalue weighted by atomic mass is 16.1. The van der Waals surface area contributed by atoms with Crippen LogP contribution in [-0.4, -0.2) is 35.9 Å². The van der Waals surface area contributed by atoms with Gasteiger partial charge in [-0.05, 0) is 13.0 Å². The van der Waals surface area contributed by atoms with Gasteiger partial charge < -0.3 is 10.2 Å². The molecule has 0 bridgehead atoms. The molecule has 2 rings (SSSR count). The van der Waals surface area contributed by atoms with E-state index in [2.05, 4.69) is 12.4 Å². The summed E-state index contributed by atoms with van der Waals surface area (Å²) >= 11 is 0. The molecule has 0 aromatic rings. The minimum atomic E-state index is 0.0833. The molecule has 0 aromatic carbocycles. The summed E-state index contributed by atoms with van der Waals surface area (Å²) in [5.41, 5.74) is 0. The van der Waals surface area contributed by atoms with Gasteiger partial charge in [-0.25, -0.2) is 0 Å². The predicted molar refractivity (Wildman–Crippen MR) is 37.3 cm³/mol. The van der Waals surface area contributed by atoms with Crippen molar-refractivity contribution in [3.63, 3.8) is 0 Å². The van der Waals surface area contributed by atoms with E-state index in [1.165, 1.54) is 0 Å². The van der Waals surface area contributed by atoms with E-state index in [1.54, 1.807) is 0 Å². The Labute approximate surface area is 60.4 Å². The van der Waals surface area contributed by atoms with Crippen LogP contribution in [-0.2, 0) is 4.79 Å². The molecule has 2 fully saturated rings. The molecule has 10 heavy (non-hydrogen) atoms. The molecule has 2 atom stereocenters. The summed E-state index contributed by atoms with van der Waals surface area (Å²) in [4.78, 5) is 13.0. The van der Waals surface area contributed by atoms with Gasteiger partial charge in [0.2, 0.25) is 0 Å². The second-order valence-corrected chi connectivity index (χ2v) is 3.00. The van der Waals surface area contributed by atoms with Gasteiger partial charge in [-0.2, -0.15) is 0 Å². The van der Waals surface area contributed by atoms with E-state index < -0.39 is 0 Å². The predicted octanol–water partition coefficient (Wildman–Crippen LogP) is -0.607. The molecule has 0 spiro atoms. The lowest BCUT2D eigenvalue weighted by Crippen LogP contribution is -2.34. The zero-order valence-electron chi connectivity index (χ0n) is 5.84. The van der Waals surface area contributed by atoms with Crippen LogP contribution in [0.25, 0.3) is 0 Å². The quantitative estimate of drug-likeness (QED) is 0.454. The van der Waals surface area contributed by atoms with Gasteiger partial charge in [0.1, 0.15) is 0 Å². The van der Waals surface area contributed by atoms with Crippen LogP contribution in [0.1, 0.15) is 6.42 Å². The van der Waals surface area contributed by atoms with Crippen LogP contribution < -0.4 is 5.32 Å². The molecule has 3 nitrogen and oxygen atoms in total. The van der Waals surface area contributed by atoms with Crippen LogP contribution in [0.4, 0.5) is 0 Å². The van der Waals surface area contributed by atoms with Gasteiger partial charge in [0.25, 0.3) is 0 Å². The van der Waals surface area contributed by atoms with E-state index in [4.69, 9.17) is 0 Å². The summed E-state index contributed by atoms with van der Waals surface area (Å²) in [6.45, 7) is 1.50. The zero-order chi connectivity index (χ0) is 7.14. The van der Waals surface area contributed by atoms with E-state index in [0.29, 0.717) is 18.4 Å². The van der Waals surface area contributed by atoms with E-state index in [0.717, 1.165) is 13.0 Å². The van der Waals surface area contributed by atoms with Gasteiger partial charge in [-0.15, -0.1) is 0 Å². The Morgan fingerprint density at radius 3 is 3.20 bits per heavy atom. The van der Waals surface area contributed by atoms with E-state index >= 15 is 0 Å². The summed E-state index contributed by atoms with van der Waals surface area (Å²) in [5.74, 6) is 0.303. The normalized spacial score (nSPS) is 40.7. The maximum absolute atomic E-state index is 11.1. The third-order valence-electron chi connectivity index (χ3n) is 2.37. The third kappa shape index (κ3) is 0.707. The first-order valence-electron chi connectivity index (χ1n) is 3.62. The molecular weight excluding hydrogens is 128 g/mol. The lowest BCUT2D eigenvalue weighted by molar-refractivity contribution is -0.119. The fourth-order valence-corrected chi connectivity index (χ4v) is 1.83. The largest absolute Gasteiger partial charge is 0.449 e. The average Bonchev–Trinajstić information content (AvgIpc) is 2.40. The Morgan fingerprint density at radius 1 is 1.70 bits per heavy atom. The average molecular weight is 139 g/mol. The van der Waals surface area contributed by atoms with E-state index in [-0.39, 0.29) is 6.04 Å². The smallest absolute Gasteiger partial charge is 0.162 e. The minimum absolute atomic E-state index is 0.0833.